The highest BCUT2D eigenvalue weighted by molar-refractivity contribution is 8.16. The van der Waals surface area contributed by atoms with E-state index in [0.717, 1.165) is 17.3 Å². The predicted molar refractivity (Wildman–Crippen MR) is 134 cm³/mol. The van der Waals surface area contributed by atoms with E-state index in [1.807, 2.05) is 30.3 Å². The summed E-state index contributed by atoms with van der Waals surface area (Å²) in [5.74, 6) is -0.350. The van der Waals surface area contributed by atoms with Gasteiger partial charge >= 0.3 is 5.97 Å². The van der Waals surface area contributed by atoms with Gasteiger partial charge in [-0.05, 0) is 35.4 Å². The molecule has 7 nitrogen and oxygen atoms in total. The molecule has 8 heteroatoms. The molecule has 1 heterocycles. The van der Waals surface area contributed by atoms with Crippen molar-refractivity contribution in [3.8, 4) is 11.5 Å². The third kappa shape index (κ3) is 5.83. The van der Waals surface area contributed by atoms with Gasteiger partial charge in [-0.1, -0.05) is 66.4 Å². The fraction of sp³-hybridized carbons (Fsp3) is 0.214. The second-order valence-electron chi connectivity index (χ2n) is 8.23. The Morgan fingerprint density at radius 2 is 1.64 bits per heavy atom. The smallest absolute Gasteiger partial charge is 0.331 e. The summed E-state index contributed by atoms with van der Waals surface area (Å²) >= 11 is 0.729. The SMILES string of the molecule is COc1cccc(C(=O)COc2ccc(C[C@]3(C(=O)OCc4ccccc4)SC(=O)CC3=O)cc2)c1. The number of methoxy groups -OCH3 is 1. The van der Waals surface area contributed by atoms with E-state index in [2.05, 4.69) is 0 Å². The van der Waals surface area contributed by atoms with Crippen LogP contribution in [-0.4, -0.2) is 41.1 Å². The number of carbonyl (C=O) groups excluding carboxylic acids is 4. The molecule has 36 heavy (non-hydrogen) atoms. The molecule has 0 radical (unpaired) electrons. The number of benzene rings is 3. The number of Topliss-reactive ketones (excluding diaryl/α,β-unsaturated/α-hetero) is 2. The molecular formula is C28H24O7S. The molecule has 0 bridgehead atoms. The second-order valence-corrected chi connectivity index (χ2v) is 9.58. The topological polar surface area (TPSA) is 96.0 Å². The molecule has 1 aliphatic rings. The fourth-order valence-corrected chi connectivity index (χ4v) is 4.94. The minimum atomic E-state index is -1.61. The van der Waals surface area contributed by atoms with Crippen molar-refractivity contribution in [1.29, 1.82) is 0 Å². The lowest BCUT2D eigenvalue weighted by Gasteiger charge is -2.23. The Hall–Kier alpha value is -3.91. The van der Waals surface area contributed by atoms with Crippen molar-refractivity contribution in [3.05, 3.63) is 95.6 Å². The Kier molecular flexibility index (Phi) is 7.85. The molecule has 0 aliphatic carbocycles. The van der Waals surface area contributed by atoms with Crippen LogP contribution in [0, 0.1) is 0 Å². The van der Waals surface area contributed by atoms with Crippen LogP contribution in [0.2, 0.25) is 0 Å². The summed E-state index contributed by atoms with van der Waals surface area (Å²) in [6.45, 7) is -0.150. The summed E-state index contributed by atoms with van der Waals surface area (Å²) in [7, 11) is 1.53. The first-order valence-electron chi connectivity index (χ1n) is 11.2. The second kappa shape index (κ2) is 11.2. The molecule has 3 aromatic rings. The van der Waals surface area contributed by atoms with E-state index >= 15 is 0 Å². The molecule has 4 rings (SSSR count). The normalized spacial score (nSPS) is 17.0. The molecule has 1 fully saturated rings. The highest BCUT2D eigenvalue weighted by atomic mass is 32.2. The van der Waals surface area contributed by atoms with Crippen molar-refractivity contribution in [1.82, 2.24) is 0 Å². The lowest BCUT2D eigenvalue weighted by Crippen LogP contribution is -2.43. The van der Waals surface area contributed by atoms with Gasteiger partial charge in [0.25, 0.3) is 0 Å². The van der Waals surface area contributed by atoms with E-state index in [1.54, 1.807) is 48.5 Å². The lowest BCUT2D eigenvalue weighted by atomic mass is 9.93. The van der Waals surface area contributed by atoms with Crippen LogP contribution in [0.1, 0.15) is 27.9 Å². The minimum absolute atomic E-state index is 0.0115. The highest BCUT2D eigenvalue weighted by Crippen LogP contribution is 2.41. The van der Waals surface area contributed by atoms with Crippen LogP contribution >= 0.6 is 11.8 Å². The van der Waals surface area contributed by atoms with Crippen LogP contribution in [0.4, 0.5) is 0 Å². The summed E-state index contributed by atoms with van der Waals surface area (Å²) < 4.78 is 14.6. The lowest BCUT2D eigenvalue weighted by molar-refractivity contribution is -0.150. The van der Waals surface area contributed by atoms with Crippen LogP contribution in [-0.2, 0) is 32.1 Å². The fourth-order valence-electron chi connectivity index (χ4n) is 3.78. The van der Waals surface area contributed by atoms with E-state index in [9.17, 15) is 19.2 Å². The molecule has 1 saturated heterocycles. The summed E-state index contributed by atoms with van der Waals surface area (Å²) in [4.78, 5) is 50.3. The summed E-state index contributed by atoms with van der Waals surface area (Å²) in [6.07, 6.45) is -0.294. The zero-order chi connectivity index (χ0) is 25.5. The first-order chi connectivity index (χ1) is 17.4. The van der Waals surface area contributed by atoms with E-state index in [0.29, 0.717) is 22.6 Å². The number of thioether (sulfide) groups is 1. The number of esters is 1. The van der Waals surface area contributed by atoms with Crippen molar-refractivity contribution >= 4 is 34.4 Å². The van der Waals surface area contributed by atoms with E-state index in [1.165, 1.54) is 7.11 Å². The summed E-state index contributed by atoms with van der Waals surface area (Å²) in [5.41, 5.74) is 1.92. The quantitative estimate of drug-likeness (QED) is 0.230. The number of hydrogen-bond acceptors (Lipinski definition) is 8. The first-order valence-corrected chi connectivity index (χ1v) is 12.1. The molecule has 0 unspecified atom stereocenters. The van der Waals surface area contributed by atoms with Gasteiger partial charge in [0.1, 0.15) is 18.1 Å². The van der Waals surface area contributed by atoms with Gasteiger partial charge in [-0.15, -0.1) is 0 Å². The molecule has 0 saturated carbocycles. The third-order valence-electron chi connectivity index (χ3n) is 5.72. The summed E-state index contributed by atoms with van der Waals surface area (Å²) in [5, 5.41) is -0.354. The van der Waals surface area contributed by atoms with Crippen LogP contribution < -0.4 is 9.47 Å². The molecule has 0 N–H and O–H groups in total. The van der Waals surface area contributed by atoms with Crippen LogP contribution in [0.25, 0.3) is 0 Å². The van der Waals surface area contributed by atoms with E-state index in [4.69, 9.17) is 14.2 Å². The van der Waals surface area contributed by atoms with Crippen molar-refractivity contribution in [2.45, 2.75) is 24.2 Å². The maximum atomic E-state index is 13.0. The molecule has 0 aromatic heterocycles. The van der Waals surface area contributed by atoms with E-state index in [-0.39, 0.29) is 37.0 Å². The van der Waals surface area contributed by atoms with E-state index < -0.39 is 16.5 Å². The monoisotopic (exact) mass is 504 g/mol. The van der Waals surface area contributed by atoms with Crippen molar-refractivity contribution in [3.63, 3.8) is 0 Å². The van der Waals surface area contributed by atoms with Gasteiger partial charge in [-0.25, -0.2) is 0 Å². The number of rotatable bonds is 10. The zero-order valence-corrected chi connectivity index (χ0v) is 20.4. The number of carbonyl (C=O) groups is 4. The molecule has 1 aliphatic heterocycles. The van der Waals surface area contributed by atoms with Gasteiger partial charge in [0.05, 0.1) is 13.5 Å². The van der Waals surface area contributed by atoms with Crippen molar-refractivity contribution < 1.29 is 33.4 Å². The summed E-state index contributed by atoms with van der Waals surface area (Å²) in [6, 6.07) is 22.7. The molecule has 3 aromatic carbocycles. The first kappa shape index (κ1) is 25.2. The Morgan fingerprint density at radius 1 is 0.889 bits per heavy atom. The standard InChI is InChI=1S/C28H24O7S/c1-33-23-9-5-8-21(14-23)24(29)18-34-22-12-10-19(11-13-22)16-28(25(30)15-26(31)36-28)27(32)35-17-20-6-3-2-4-7-20/h2-14H,15-18H2,1H3/t28-/m0/s1. The largest absolute Gasteiger partial charge is 0.497 e. The van der Waals surface area contributed by atoms with Crippen molar-refractivity contribution in [2.75, 3.05) is 13.7 Å². The Balaban J connectivity index is 1.41. The molecule has 1 atom stereocenters. The predicted octanol–water partition coefficient (Wildman–Crippen LogP) is 4.21. The Bertz CT molecular complexity index is 1270. The molecule has 0 spiro atoms. The average molecular weight is 505 g/mol. The Labute approximate surface area is 212 Å². The van der Waals surface area contributed by atoms with Gasteiger partial charge < -0.3 is 14.2 Å². The highest BCUT2D eigenvalue weighted by Gasteiger charge is 2.54. The van der Waals surface area contributed by atoms with Gasteiger partial charge in [0.2, 0.25) is 0 Å². The molecule has 0 amide bonds. The Morgan fingerprint density at radius 3 is 2.31 bits per heavy atom. The number of hydrogen-bond donors (Lipinski definition) is 0. The minimum Gasteiger partial charge on any atom is -0.497 e. The van der Waals surface area contributed by atoms with Crippen molar-refractivity contribution in [2.24, 2.45) is 0 Å². The van der Waals surface area contributed by atoms with Crippen LogP contribution in [0.5, 0.6) is 11.5 Å². The molecular weight excluding hydrogens is 480 g/mol. The van der Waals surface area contributed by atoms with Crippen LogP contribution in [0.15, 0.2) is 78.9 Å². The maximum absolute atomic E-state index is 13.0. The number of ketones is 2. The van der Waals surface area contributed by atoms with Gasteiger partial charge in [0.15, 0.2) is 28.0 Å². The van der Waals surface area contributed by atoms with Gasteiger partial charge in [-0.3, -0.25) is 19.2 Å². The number of ether oxygens (including phenoxy) is 3. The molecule has 184 valence electrons. The third-order valence-corrected chi connectivity index (χ3v) is 6.98. The zero-order valence-electron chi connectivity index (χ0n) is 19.6. The maximum Gasteiger partial charge on any atom is 0.331 e. The average Bonchev–Trinajstić information content (AvgIpc) is 3.20. The van der Waals surface area contributed by atoms with Crippen LogP contribution in [0.3, 0.4) is 0 Å². The van der Waals surface area contributed by atoms with Gasteiger partial charge in [0, 0.05) is 12.0 Å². The van der Waals surface area contributed by atoms with Gasteiger partial charge in [-0.2, -0.15) is 0 Å².